The van der Waals surface area contributed by atoms with Crippen LogP contribution in [0.25, 0.3) is 10.8 Å². The van der Waals surface area contributed by atoms with E-state index < -0.39 is 6.19 Å². The molecule has 1 saturated carbocycles. The van der Waals surface area contributed by atoms with Crippen molar-refractivity contribution in [1.82, 2.24) is 5.09 Å². The molecule has 4 aromatic rings. The second-order valence-electron chi connectivity index (χ2n) is 9.37. The van der Waals surface area contributed by atoms with Crippen molar-refractivity contribution in [2.45, 2.75) is 44.7 Å². The van der Waals surface area contributed by atoms with Gasteiger partial charge in [-0.2, -0.15) is 0 Å². The molecule has 0 spiro atoms. The van der Waals surface area contributed by atoms with Crippen molar-refractivity contribution in [2.24, 2.45) is 4.99 Å². The van der Waals surface area contributed by atoms with Crippen LogP contribution in [0, 0.1) is 6.92 Å². The van der Waals surface area contributed by atoms with E-state index in [1.165, 1.54) is 22.6 Å². The molecule has 1 fully saturated rings. The van der Waals surface area contributed by atoms with Gasteiger partial charge in [-0.3, -0.25) is 10.1 Å². The number of nitrogens with zero attached hydrogens (tertiary/aromatic N) is 1. The molecule has 178 valence electrons. The molecule has 2 N–H and O–H groups in total. The summed E-state index contributed by atoms with van der Waals surface area (Å²) in [5.74, 6) is 0.268. The lowest BCUT2D eigenvalue weighted by molar-refractivity contribution is 0.370. The van der Waals surface area contributed by atoms with Crippen LogP contribution in [0.15, 0.2) is 96.0 Å². The number of fused-ring (bicyclic) bond motifs is 1. The summed E-state index contributed by atoms with van der Waals surface area (Å²) in [6.45, 7) is 2.09. The Morgan fingerprint density at radius 2 is 1.54 bits per heavy atom. The molecule has 0 bridgehead atoms. The largest absolute Gasteiger partial charge is 0.507 e. The fourth-order valence-electron chi connectivity index (χ4n) is 5.02. The first-order chi connectivity index (χ1) is 17.0. The monoisotopic (exact) mass is 498 g/mol. The van der Waals surface area contributed by atoms with Gasteiger partial charge in [0.2, 0.25) is 0 Å². The van der Waals surface area contributed by atoms with Crippen LogP contribution in [0.1, 0.15) is 36.8 Å². The van der Waals surface area contributed by atoms with Gasteiger partial charge in [-0.25, -0.2) is 0 Å². The van der Waals surface area contributed by atoms with Gasteiger partial charge in [-0.1, -0.05) is 115 Å². The summed E-state index contributed by atoms with van der Waals surface area (Å²) in [5, 5.41) is 19.1. The first-order valence-corrected chi connectivity index (χ1v) is 15.1. The predicted molar refractivity (Wildman–Crippen MR) is 154 cm³/mol. The number of phenolic OH excluding ortho intramolecular Hbond substituents is 1. The van der Waals surface area contributed by atoms with E-state index in [2.05, 4.69) is 78.7 Å². The Morgan fingerprint density at radius 3 is 2.23 bits per heavy atom. The second kappa shape index (κ2) is 10.5. The molecule has 0 aliphatic heterocycles. The average Bonchev–Trinajstić information content (AvgIpc) is 2.90. The maximum absolute atomic E-state index is 10.6. The van der Waals surface area contributed by atoms with E-state index in [-0.39, 0.29) is 17.8 Å². The molecule has 5 rings (SSSR count). The number of aliphatic imine (C=N–C) groups is 1. The third-order valence-electron chi connectivity index (χ3n) is 6.91. The Bertz CT molecular complexity index is 1340. The van der Waals surface area contributed by atoms with Gasteiger partial charge in [0.25, 0.3) is 0 Å². The minimum absolute atomic E-state index is 0.110. The van der Waals surface area contributed by atoms with Crippen LogP contribution < -0.4 is 15.7 Å². The maximum atomic E-state index is 10.6. The Hall–Kier alpha value is -2.78. The Labute approximate surface area is 213 Å². The lowest BCUT2D eigenvalue weighted by Gasteiger charge is -2.35. The van der Waals surface area contributed by atoms with Gasteiger partial charge in [0.15, 0.2) is 0 Å². The highest BCUT2D eigenvalue weighted by atomic mass is 32.4. The van der Waals surface area contributed by atoms with E-state index in [4.69, 9.17) is 16.8 Å². The van der Waals surface area contributed by atoms with Crippen LogP contribution in [0.2, 0.25) is 0 Å². The Morgan fingerprint density at radius 1 is 0.886 bits per heavy atom. The quantitative estimate of drug-likeness (QED) is 0.245. The number of phenols is 1. The van der Waals surface area contributed by atoms with E-state index in [1.807, 2.05) is 24.4 Å². The van der Waals surface area contributed by atoms with Crippen molar-refractivity contribution in [3.8, 4) is 5.75 Å². The van der Waals surface area contributed by atoms with Crippen molar-refractivity contribution < 1.29 is 5.11 Å². The van der Waals surface area contributed by atoms with Gasteiger partial charge in [-0.05, 0) is 36.6 Å². The molecule has 5 heteroatoms. The molecule has 0 radical (unpaired) electrons. The van der Waals surface area contributed by atoms with E-state index in [0.29, 0.717) is 0 Å². The predicted octanol–water partition coefficient (Wildman–Crippen LogP) is 6.22. The smallest absolute Gasteiger partial charge is 0.124 e. The van der Waals surface area contributed by atoms with Gasteiger partial charge >= 0.3 is 0 Å². The highest BCUT2D eigenvalue weighted by Gasteiger charge is 2.31. The summed E-state index contributed by atoms with van der Waals surface area (Å²) in [4.78, 5) is 5.06. The first kappa shape index (κ1) is 23.9. The molecule has 0 aromatic heterocycles. The van der Waals surface area contributed by atoms with Crippen LogP contribution in [-0.2, 0) is 11.8 Å². The number of aromatic hydroxyl groups is 1. The van der Waals surface area contributed by atoms with Crippen LogP contribution >= 0.6 is 6.19 Å². The van der Waals surface area contributed by atoms with Gasteiger partial charge in [0.05, 0.1) is 12.2 Å². The lowest BCUT2D eigenvalue weighted by atomic mass is 9.91. The summed E-state index contributed by atoms with van der Waals surface area (Å²) < 4.78 is 0. The van der Waals surface area contributed by atoms with Gasteiger partial charge < -0.3 is 5.11 Å². The standard InChI is InChI=1S/C30H31N2OPS/c1-22-16-18-26-23(20-22)17-19-30(33)27(26)21-31-28-14-8-9-15-29(28)32-34(35,24-10-4-2-5-11-24)25-12-6-3-7-13-25/h2-7,10-13,16-21,28-29,33H,8-9,14-15H2,1H3,(H,32,35)/t28-,29-/m1/s1. The van der Waals surface area contributed by atoms with Gasteiger partial charge in [0.1, 0.15) is 5.75 Å². The summed E-state index contributed by atoms with van der Waals surface area (Å²) in [7, 11) is 0. The Balaban J connectivity index is 1.48. The minimum atomic E-state index is -2.22. The molecule has 4 aromatic carbocycles. The molecule has 1 aliphatic carbocycles. The van der Waals surface area contributed by atoms with Crippen LogP contribution in [0.5, 0.6) is 5.75 Å². The number of rotatable bonds is 6. The van der Waals surface area contributed by atoms with Crippen LogP contribution in [-0.4, -0.2) is 23.4 Å². The van der Waals surface area contributed by atoms with Crippen LogP contribution in [0.4, 0.5) is 0 Å². The molecular formula is C30H31N2OPS. The van der Waals surface area contributed by atoms with Crippen molar-refractivity contribution in [1.29, 1.82) is 0 Å². The van der Waals surface area contributed by atoms with Crippen molar-refractivity contribution in [3.05, 3.63) is 102 Å². The van der Waals surface area contributed by atoms with Crippen molar-refractivity contribution in [2.75, 3.05) is 0 Å². The number of hydrogen-bond acceptors (Lipinski definition) is 3. The molecular weight excluding hydrogens is 467 g/mol. The zero-order valence-electron chi connectivity index (χ0n) is 20.0. The summed E-state index contributed by atoms with van der Waals surface area (Å²) in [6.07, 6.45) is 4.04. The van der Waals surface area contributed by atoms with E-state index in [0.717, 1.165) is 35.6 Å². The third kappa shape index (κ3) is 5.11. The zero-order chi connectivity index (χ0) is 24.3. The molecule has 0 unspecified atom stereocenters. The molecule has 1 aliphatic rings. The SMILES string of the molecule is Cc1ccc2c(C=N[C@@H]3CCCC[C@H]3NP(=S)(c3ccccc3)c3ccccc3)c(O)ccc2c1. The fourth-order valence-corrected chi connectivity index (χ4v) is 8.70. The number of benzene rings is 4. The summed E-state index contributed by atoms with van der Waals surface area (Å²) in [6, 6.07) is 31.3. The number of nitrogens with one attached hydrogen (secondary N) is 1. The topological polar surface area (TPSA) is 44.6 Å². The molecule has 2 atom stereocenters. The summed E-state index contributed by atoms with van der Waals surface area (Å²) >= 11 is 6.45. The van der Waals surface area contributed by atoms with Crippen molar-refractivity contribution >= 4 is 45.6 Å². The highest BCUT2D eigenvalue weighted by molar-refractivity contribution is 8.20. The zero-order valence-corrected chi connectivity index (χ0v) is 21.7. The van der Waals surface area contributed by atoms with E-state index in [1.54, 1.807) is 6.07 Å². The van der Waals surface area contributed by atoms with E-state index in [9.17, 15) is 5.11 Å². The molecule has 0 saturated heterocycles. The van der Waals surface area contributed by atoms with Crippen molar-refractivity contribution in [3.63, 3.8) is 0 Å². The molecule has 35 heavy (non-hydrogen) atoms. The van der Waals surface area contributed by atoms with Gasteiger partial charge in [0, 0.05) is 28.4 Å². The van der Waals surface area contributed by atoms with Gasteiger partial charge in [-0.15, -0.1) is 0 Å². The third-order valence-corrected chi connectivity index (χ3v) is 11.2. The average molecular weight is 499 g/mol. The van der Waals surface area contributed by atoms with Crippen LogP contribution in [0.3, 0.4) is 0 Å². The molecule has 3 nitrogen and oxygen atoms in total. The molecule has 0 heterocycles. The summed E-state index contributed by atoms with van der Waals surface area (Å²) in [5.41, 5.74) is 1.99. The minimum Gasteiger partial charge on any atom is -0.507 e. The number of aryl methyl sites for hydroxylation is 1. The normalized spacial score (nSPS) is 18.8. The first-order valence-electron chi connectivity index (χ1n) is 12.3. The molecule has 0 amide bonds. The lowest BCUT2D eigenvalue weighted by Crippen LogP contribution is -2.43. The Kier molecular flexibility index (Phi) is 7.15. The maximum Gasteiger partial charge on any atom is 0.124 e. The number of hydrogen-bond donors (Lipinski definition) is 2. The highest BCUT2D eigenvalue weighted by Crippen LogP contribution is 2.42. The fraction of sp³-hybridized carbons (Fsp3) is 0.233. The second-order valence-corrected chi connectivity index (χ2v) is 13.5. The van der Waals surface area contributed by atoms with E-state index >= 15 is 0 Å².